The molecule has 4 aromatic carbocycles. The number of benzene rings is 4. The number of halogens is 2. The summed E-state index contributed by atoms with van der Waals surface area (Å²) < 4.78 is 33.4. The maximum Gasteiger partial charge on any atom is 0.262 e. The molecule has 0 bridgehead atoms. The molecule has 5 aliphatic rings. The Balaban J connectivity index is 0.777. The van der Waals surface area contributed by atoms with Gasteiger partial charge in [0.25, 0.3) is 17.7 Å². The summed E-state index contributed by atoms with van der Waals surface area (Å²) in [6, 6.07) is 19.8. The number of nitrogens with zero attached hydrogens (tertiary/aromatic N) is 4. The monoisotopic (exact) mass is 885 g/mol. The Morgan fingerprint density at radius 3 is 2.34 bits per heavy atom. The molecular formula is C48H49F2N9O6. The van der Waals surface area contributed by atoms with Gasteiger partial charge in [-0.3, -0.25) is 44.2 Å². The molecule has 3 unspecified atom stereocenters. The summed E-state index contributed by atoms with van der Waals surface area (Å²) in [6.45, 7) is 4.65. The van der Waals surface area contributed by atoms with E-state index in [4.69, 9.17) is 4.74 Å². The van der Waals surface area contributed by atoms with Crippen molar-refractivity contribution in [3.8, 4) is 0 Å². The number of hydrogen-bond donors (Lipinski definition) is 5. The maximum atomic E-state index is 14.1. The van der Waals surface area contributed by atoms with Crippen LogP contribution in [0.5, 0.6) is 0 Å². The van der Waals surface area contributed by atoms with Gasteiger partial charge in [0, 0.05) is 92.5 Å². The first-order valence-electron chi connectivity index (χ1n) is 22.4. The molecule has 10 rings (SSSR count). The second-order valence-electron chi connectivity index (χ2n) is 17.7. The topological polar surface area (TPSA) is 181 Å². The number of ether oxygens (including phenoxy) is 1. The molecule has 336 valence electrons. The third kappa shape index (κ3) is 8.77. The minimum atomic E-state index is -1.00. The standard InChI is InChI=1S/C48H49F2N9O6/c49-29-20-28(21-30(50)23-29)19-27-1-8-40-39(22-27)44(56-55-40)54-45(61)37-7-5-35(26-41(37)52-31-11-17-65-18-12-31)58-15-13-57(14-16-58)34-4-2-32(24-34)51-33-3-6-36-38(25-33)48(64)59(47(36)63)42-9-10-43(60)53-46(42)62/h1,3,5-8,20-23,25-26,31-32,34,42,51-52H,2,4,9-19,24H2,(H,53,60,62)(H2,54,55,56,61). The normalized spacial score (nSPS) is 21.8. The van der Waals surface area contributed by atoms with Gasteiger partial charge in [0.05, 0.1) is 22.2 Å². The SMILES string of the molecule is O=C1CCC(N2C(=O)c3ccc(NC4CCC(N5CCN(c6ccc(C(=O)Nc7n[nH]c8ccc(Cc9cc(F)cc(F)c9)cc78)c(NC7CCOCC7)c6)CC5)C4)cc3C2=O)C(=O)N1. The van der Waals surface area contributed by atoms with Crippen molar-refractivity contribution in [2.24, 2.45) is 0 Å². The molecule has 5 amide bonds. The number of amides is 5. The lowest BCUT2D eigenvalue weighted by molar-refractivity contribution is -0.136. The Kier molecular flexibility index (Phi) is 11.5. The minimum Gasteiger partial charge on any atom is -0.382 e. The number of H-pyrrole nitrogens is 1. The fraction of sp³-hybridized carbons (Fsp3) is 0.375. The predicted octanol–water partition coefficient (Wildman–Crippen LogP) is 5.83. The second-order valence-corrected chi connectivity index (χ2v) is 17.7. The van der Waals surface area contributed by atoms with Crippen LogP contribution in [0.3, 0.4) is 0 Å². The van der Waals surface area contributed by atoms with E-state index in [9.17, 15) is 32.8 Å². The zero-order valence-electron chi connectivity index (χ0n) is 35.6. The fourth-order valence-electron chi connectivity index (χ4n) is 10.1. The molecule has 3 saturated heterocycles. The number of aromatic nitrogens is 2. The van der Waals surface area contributed by atoms with Gasteiger partial charge in [0.1, 0.15) is 17.7 Å². The summed E-state index contributed by atoms with van der Waals surface area (Å²) in [5, 5.41) is 20.6. The van der Waals surface area contributed by atoms with Crippen molar-refractivity contribution in [1.82, 2.24) is 25.3 Å². The Bertz CT molecular complexity index is 2690. The van der Waals surface area contributed by atoms with Crippen LogP contribution in [0.15, 0.2) is 72.8 Å². The van der Waals surface area contributed by atoms with Crippen LogP contribution in [-0.4, -0.2) is 113 Å². The van der Waals surface area contributed by atoms with Gasteiger partial charge in [0.15, 0.2) is 5.82 Å². The van der Waals surface area contributed by atoms with E-state index in [0.717, 1.165) is 91.9 Å². The van der Waals surface area contributed by atoms with Gasteiger partial charge >= 0.3 is 0 Å². The first kappa shape index (κ1) is 42.2. The fourth-order valence-corrected chi connectivity index (χ4v) is 10.1. The molecule has 3 atom stereocenters. The highest BCUT2D eigenvalue weighted by Gasteiger charge is 2.45. The Morgan fingerprint density at radius 1 is 0.769 bits per heavy atom. The van der Waals surface area contributed by atoms with Crippen molar-refractivity contribution in [2.75, 3.05) is 60.2 Å². The number of hydrogen-bond acceptors (Lipinski definition) is 11. The van der Waals surface area contributed by atoms with E-state index in [-0.39, 0.29) is 42.0 Å². The van der Waals surface area contributed by atoms with E-state index in [1.165, 1.54) is 12.1 Å². The molecule has 1 aromatic heterocycles. The smallest absolute Gasteiger partial charge is 0.262 e. The Labute approximate surface area is 373 Å². The molecule has 5 N–H and O–H groups in total. The first-order valence-corrected chi connectivity index (χ1v) is 22.4. The lowest BCUT2D eigenvalue weighted by Crippen LogP contribution is -2.54. The van der Waals surface area contributed by atoms with E-state index >= 15 is 0 Å². The molecule has 1 saturated carbocycles. The molecule has 17 heteroatoms. The number of imide groups is 2. The molecule has 0 spiro atoms. The average Bonchev–Trinajstić information content (AvgIpc) is 3.99. The predicted molar refractivity (Wildman–Crippen MR) is 239 cm³/mol. The van der Waals surface area contributed by atoms with E-state index in [0.29, 0.717) is 53.5 Å². The summed E-state index contributed by atoms with van der Waals surface area (Å²) in [7, 11) is 0. The van der Waals surface area contributed by atoms with E-state index in [2.05, 4.69) is 47.3 Å². The molecule has 5 heterocycles. The van der Waals surface area contributed by atoms with E-state index in [1.54, 1.807) is 12.1 Å². The maximum absolute atomic E-state index is 14.1. The second kappa shape index (κ2) is 17.7. The van der Waals surface area contributed by atoms with Gasteiger partial charge in [-0.1, -0.05) is 6.07 Å². The van der Waals surface area contributed by atoms with Crippen LogP contribution >= 0.6 is 0 Å². The number of carbonyl (C=O) groups excluding carboxylic acids is 5. The zero-order valence-corrected chi connectivity index (χ0v) is 35.6. The number of anilines is 4. The van der Waals surface area contributed by atoms with Crippen molar-refractivity contribution >= 4 is 63.3 Å². The van der Waals surface area contributed by atoms with Crippen molar-refractivity contribution in [2.45, 2.75) is 75.5 Å². The largest absolute Gasteiger partial charge is 0.382 e. The highest BCUT2D eigenvalue weighted by atomic mass is 19.1. The van der Waals surface area contributed by atoms with Gasteiger partial charge < -0.3 is 25.6 Å². The van der Waals surface area contributed by atoms with Gasteiger partial charge in [-0.05, 0) is 117 Å². The van der Waals surface area contributed by atoms with Crippen LogP contribution in [-0.2, 0) is 20.7 Å². The van der Waals surface area contributed by atoms with E-state index in [1.807, 2.05) is 36.4 Å². The number of fused-ring (bicyclic) bond motifs is 2. The molecular weight excluding hydrogens is 837 g/mol. The lowest BCUT2D eigenvalue weighted by atomic mass is 10.0. The number of nitrogens with one attached hydrogen (secondary N) is 5. The number of carbonyl (C=O) groups is 5. The molecule has 65 heavy (non-hydrogen) atoms. The van der Waals surface area contributed by atoms with Crippen molar-refractivity contribution in [3.05, 3.63) is 112 Å². The summed E-state index contributed by atoms with van der Waals surface area (Å²) in [4.78, 5) is 70.7. The van der Waals surface area contributed by atoms with Crippen LogP contribution in [0.4, 0.5) is 31.7 Å². The number of rotatable bonds is 11. The molecule has 0 radical (unpaired) electrons. The summed E-state index contributed by atoms with van der Waals surface area (Å²) >= 11 is 0. The Morgan fingerprint density at radius 2 is 1.55 bits per heavy atom. The molecule has 4 aliphatic heterocycles. The highest BCUT2D eigenvalue weighted by Crippen LogP contribution is 2.34. The van der Waals surface area contributed by atoms with Gasteiger partial charge in [-0.2, -0.15) is 5.10 Å². The van der Waals surface area contributed by atoms with Crippen LogP contribution in [0.2, 0.25) is 0 Å². The molecule has 1 aliphatic carbocycles. The van der Waals surface area contributed by atoms with Gasteiger partial charge in [-0.25, -0.2) is 8.78 Å². The van der Waals surface area contributed by atoms with Crippen LogP contribution in [0.25, 0.3) is 10.9 Å². The average molecular weight is 886 g/mol. The quantitative estimate of drug-likeness (QED) is 0.101. The number of aromatic amines is 1. The molecule has 4 fully saturated rings. The Hall–Kier alpha value is -6.72. The van der Waals surface area contributed by atoms with E-state index < -0.39 is 41.3 Å². The van der Waals surface area contributed by atoms with Crippen molar-refractivity contribution in [3.63, 3.8) is 0 Å². The van der Waals surface area contributed by atoms with Crippen molar-refractivity contribution < 1.29 is 37.5 Å². The zero-order chi connectivity index (χ0) is 44.8. The first-order chi connectivity index (χ1) is 31.5. The molecule has 5 aromatic rings. The summed E-state index contributed by atoms with van der Waals surface area (Å²) in [6.07, 6.45) is 5.02. The van der Waals surface area contributed by atoms with Gasteiger partial charge in [-0.15, -0.1) is 0 Å². The van der Waals surface area contributed by atoms with Gasteiger partial charge in [0.2, 0.25) is 11.8 Å². The highest BCUT2D eigenvalue weighted by molar-refractivity contribution is 6.23. The van der Waals surface area contributed by atoms with Crippen LogP contribution in [0, 0.1) is 11.6 Å². The lowest BCUT2D eigenvalue weighted by Gasteiger charge is -2.39. The van der Waals surface area contributed by atoms with Crippen molar-refractivity contribution in [1.29, 1.82) is 0 Å². The van der Waals surface area contributed by atoms with Crippen LogP contribution < -0.4 is 26.2 Å². The third-order valence-corrected chi connectivity index (χ3v) is 13.4. The summed E-state index contributed by atoms with van der Waals surface area (Å²) in [5.74, 6) is -3.31. The number of piperidine rings is 1. The minimum absolute atomic E-state index is 0.0709. The molecule has 15 nitrogen and oxygen atoms in total. The number of piperazine rings is 1. The third-order valence-electron chi connectivity index (χ3n) is 13.4. The summed E-state index contributed by atoms with van der Waals surface area (Å²) in [5.41, 5.74) is 5.52. The van der Waals surface area contributed by atoms with Crippen LogP contribution in [0.1, 0.15) is 87.1 Å².